The van der Waals surface area contributed by atoms with Crippen LogP contribution in [0, 0.1) is 6.92 Å². The Morgan fingerprint density at radius 3 is 2.55 bits per heavy atom. The van der Waals surface area contributed by atoms with Gasteiger partial charge in [0.2, 0.25) is 0 Å². The monoisotopic (exact) mass is 349 g/mol. The van der Waals surface area contributed by atoms with Gasteiger partial charge in [-0.15, -0.1) is 0 Å². The second-order valence-corrected chi connectivity index (χ2v) is 5.64. The van der Waals surface area contributed by atoms with Gasteiger partial charge >= 0.3 is 0 Å². The number of hydrogen-bond acceptors (Lipinski definition) is 2. The van der Waals surface area contributed by atoms with E-state index in [2.05, 4.69) is 21.2 Å². The van der Waals surface area contributed by atoms with E-state index in [0.29, 0.717) is 5.56 Å². The highest BCUT2D eigenvalue weighted by atomic mass is 79.9. The van der Waals surface area contributed by atoms with E-state index in [-0.39, 0.29) is 5.78 Å². The van der Waals surface area contributed by atoms with Gasteiger partial charge in [-0.05, 0) is 55.0 Å². The summed E-state index contributed by atoms with van der Waals surface area (Å²) in [4.78, 5) is 11.9. The number of aryl methyl sites for hydroxylation is 1. The van der Waals surface area contributed by atoms with Gasteiger partial charge in [0.1, 0.15) is 0 Å². The van der Waals surface area contributed by atoms with Crippen molar-refractivity contribution in [1.82, 2.24) is 0 Å². The van der Waals surface area contributed by atoms with Crippen LogP contribution in [-0.4, -0.2) is 5.78 Å². The summed E-state index contributed by atoms with van der Waals surface area (Å²) in [6.45, 7) is 1.93. The zero-order chi connectivity index (χ0) is 14.5. The number of ketones is 1. The van der Waals surface area contributed by atoms with E-state index in [1.54, 1.807) is 18.3 Å². The van der Waals surface area contributed by atoms with Crippen molar-refractivity contribution in [3.63, 3.8) is 0 Å². The summed E-state index contributed by atoms with van der Waals surface area (Å²) in [7, 11) is 0. The van der Waals surface area contributed by atoms with Crippen LogP contribution >= 0.6 is 27.5 Å². The van der Waals surface area contributed by atoms with Crippen molar-refractivity contribution in [1.29, 1.82) is 0 Å². The number of anilines is 1. The Kier molecular flexibility index (Phi) is 4.99. The van der Waals surface area contributed by atoms with Gasteiger partial charge in [-0.1, -0.05) is 27.5 Å². The van der Waals surface area contributed by atoms with Crippen molar-refractivity contribution in [3.05, 3.63) is 75.4 Å². The molecule has 2 aromatic carbocycles. The van der Waals surface area contributed by atoms with Crippen LogP contribution in [0.25, 0.3) is 0 Å². The third kappa shape index (κ3) is 3.95. The molecule has 0 unspecified atom stereocenters. The molecule has 102 valence electrons. The van der Waals surface area contributed by atoms with E-state index in [1.165, 1.54) is 6.08 Å². The molecule has 0 saturated heterocycles. The maximum atomic E-state index is 11.9. The lowest BCUT2D eigenvalue weighted by molar-refractivity contribution is 0.104. The lowest BCUT2D eigenvalue weighted by Crippen LogP contribution is -1.96. The van der Waals surface area contributed by atoms with Crippen LogP contribution in [0.2, 0.25) is 5.02 Å². The van der Waals surface area contributed by atoms with Crippen molar-refractivity contribution in [2.45, 2.75) is 6.92 Å². The van der Waals surface area contributed by atoms with Crippen molar-refractivity contribution in [2.24, 2.45) is 0 Å². The van der Waals surface area contributed by atoms with Crippen LogP contribution in [0.4, 0.5) is 5.69 Å². The average Bonchev–Trinajstić information content (AvgIpc) is 2.43. The van der Waals surface area contributed by atoms with Crippen LogP contribution in [0.15, 0.2) is 59.2 Å². The topological polar surface area (TPSA) is 29.1 Å². The van der Waals surface area contributed by atoms with Crippen molar-refractivity contribution >= 4 is 39.0 Å². The van der Waals surface area contributed by atoms with Gasteiger partial charge in [0.15, 0.2) is 5.78 Å². The molecule has 0 saturated carbocycles. The van der Waals surface area contributed by atoms with Gasteiger partial charge in [-0.2, -0.15) is 0 Å². The maximum Gasteiger partial charge on any atom is 0.187 e. The molecule has 0 fully saturated rings. The maximum absolute atomic E-state index is 11.9. The van der Waals surface area contributed by atoms with Crippen LogP contribution in [-0.2, 0) is 0 Å². The lowest BCUT2D eigenvalue weighted by atomic mass is 10.1. The highest BCUT2D eigenvalue weighted by Crippen LogP contribution is 2.19. The van der Waals surface area contributed by atoms with Gasteiger partial charge in [0, 0.05) is 33.0 Å². The van der Waals surface area contributed by atoms with E-state index in [0.717, 1.165) is 20.7 Å². The number of carbonyl (C=O) groups is 1. The van der Waals surface area contributed by atoms with Gasteiger partial charge in [-0.25, -0.2) is 0 Å². The van der Waals surface area contributed by atoms with Crippen LogP contribution in [0.5, 0.6) is 0 Å². The second kappa shape index (κ2) is 6.73. The van der Waals surface area contributed by atoms with Gasteiger partial charge in [0.25, 0.3) is 0 Å². The number of rotatable bonds is 4. The van der Waals surface area contributed by atoms with Gasteiger partial charge in [-0.3, -0.25) is 4.79 Å². The summed E-state index contributed by atoms with van der Waals surface area (Å²) in [5.74, 6) is -0.0457. The first-order chi connectivity index (χ1) is 9.56. The summed E-state index contributed by atoms with van der Waals surface area (Å²) in [6, 6.07) is 12.9. The number of benzene rings is 2. The first-order valence-corrected chi connectivity index (χ1v) is 7.22. The molecule has 0 heterocycles. The highest BCUT2D eigenvalue weighted by Gasteiger charge is 2.01. The van der Waals surface area contributed by atoms with Crippen LogP contribution in [0.1, 0.15) is 15.9 Å². The molecule has 0 bridgehead atoms. The largest absolute Gasteiger partial charge is 0.362 e. The molecule has 0 aliphatic rings. The fourth-order valence-electron chi connectivity index (χ4n) is 1.66. The van der Waals surface area contributed by atoms with Crippen molar-refractivity contribution < 1.29 is 4.79 Å². The fourth-order valence-corrected chi connectivity index (χ4v) is 2.04. The molecule has 0 amide bonds. The van der Waals surface area contributed by atoms with E-state index in [4.69, 9.17) is 11.6 Å². The summed E-state index contributed by atoms with van der Waals surface area (Å²) in [5.41, 5.74) is 2.54. The minimum Gasteiger partial charge on any atom is -0.362 e. The average molecular weight is 351 g/mol. The zero-order valence-electron chi connectivity index (χ0n) is 10.9. The predicted octanol–water partition coefficient (Wildman–Crippen LogP) is 5.22. The fraction of sp³-hybridized carbons (Fsp3) is 0.0625. The molecule has 2 rings (SSSR count). The molecule has 0 aliphatic carbocycles. The number of allylic oxidation sites excluding steroid dienone is 1. The highest BCUT2D eigenvalue weighted by molar-refractivity contribution is 9.10. The summed E-state index contributed by atoms with van der Waals surface area (Å²) >= 11 is 9.29. The third-order valence-electron chi connectivity index (χ3n) is 2.77. The molecule has 20 heavy (non-hydrogen) atoms. The smallest absolute Gasteiger partial charge is 0.187 e. The number of hydrogen-bond donors (Lipinski definition) is 1. The Morgan fingerprint density at radius 1 is 1.20 bits per heavy atom. The second-order valence-electron chi connectivity index (χ2n) is 4.31. The Hall–Kier alpha value is -1.58. The Morgan fingerprint density at radius 2 is 1.90 bits per heavy atom. The molecular weight excluding hydrogens is 338 g/mol. The van der Waals surface area contributed by atoms with E-state index in [1.807, 2.05) is 37.3 Å². The molecule has 1 N–H and O–H groups in total. The Bertz CT molecular complexity index is 650. The summed E-state index contributed by atoms with van der Waals surface area (Å²) in [5, 5.41) is 3.78. The van der Waals surface area contributed by atoms with Crippen LogP contribution in [0.3, 0.4) is 0 Å². The van der Waals surface area contributed by atoms with E-state index in [9.17, 15) is 4.79 Å². The molecular formula is C16H13BrClNO. The first-order valence-electron chi connectivity index (χ1n) is 6.05. The number of halogens is 2. The molecule has 0 atom stereocenters. The Balaban J connectivity index is 2.00. The molecule has 0 aliphatic heterocycles. The predicted molar refractivity (Wildman–Crippen MR) is 87.4 cm³/mol. The van der Waals surface area contributed by atoms with Gasteiger partial charge in [0.05, 0.1) is 0 Å². The summed E-state index contributed by atoms with van der Waals surface area (Å²) in [6.07, 6.45) is 3.14. The standard InChI is InChI=1S/C16H13BrClNO/c1-11-10-14(6-7-15(11)18)19-9-8-16(20)12-2-4-13(17)5-3-12/h2-10,19H,1H3/b9-8+. The molecule has 4 heteroatoms. The van der Waals surface area contributed by atoms with E-state index < -0.39 is 0 Å². The lowest BCUT2D eigenvalue weighted by Gasteiger charge is -2.03. The SMILES string of the molecule is Cc1cc(N/C=C/C(=O)c2ccc(Br)cc2)ccc1Cl. The van der Waals surface area contributed by atoms with Crippen LogP contribution < -0.4 is 5.32 Å². The van der Waals surface area contributed by atoms with E-state index >= 15 is 0 Å². The molecule has 0 aromatic heterocycles. The number of carbonyl (C=O) groups excluding carboxylic acids is 1. The minimum absolute atomic E-state index is 0.0457. The Labute approximate surface area is 131 Å². The molecule has 0 radical (unpaired) electrons. The molecule has 0 spiro atoms. The normalized spacial score (nSPS) is 10.8. The van der Waals surface area contributed by atoms with Crippen molar-refractivity contribution in [3.8, 4) is 0 Å². The first kappa shape index (κ1) is 14.8. The molecule has 2 aromatic rings. The van der Waals surface area contributed by atoms with Crippen molar-refractivity contribution in [2.75, 3.05) is 5.32 Å². The zero-order valence-corrected chi connectivity index (χ0v) is 13.2. The van der Waals surface area contributed by atoms with Gasteiger partial charge < -0.3 is 5.32 Å². The molecule has 2 nitrogen and oxygen atoms in total. The number of nitrogens with one attached hydrogen (secondary N) is 1. The quantitative estimate of drug-likeness (QED) is 0.605. The summed E-state index contributed by atoms with van der Waals surface area (Å²) < 4.78 is 0.952. The minimum atomic E-state index is -0.0457. The third-order valence-corrected chi connectivity index (χ3v) is 3.72.